The third-order valence-electron chi connectivity index (χ3n) is 3.60. The highest BCUT2D eigenvalue weighted by Gasteiger charge is 2.12. The number of ether oxygens (including phenoxy) is 2. The average molecular weight is 363 g/mol. The van der Waals surface area contributed by atoms with E-state index in [4.69, 9.17) is 9.47 Å². The first-order valence-corrected chi connectivity index (χ1v) is 9.55. The third kappa shape index (κ3) is 5.49. The van der Waals surface area contributed by atoms with Crippen molar-refractivity contribution < 1.29 is 22.7 Å². The largest absolute Gasteiger partial charge is 0.497 e. The van der Waals surface area contributed by atoms with Gasteiger partial charge in [0.2, 0.25) is 0 Å². The number of sulfone groups is 1. The molecule has 1 N–H and O–H groups in total. The van der Waals surface area contributed by atoms with Crippen molar-refractivity contribution >= 4 is 15.7 Å². The summed E-state index contributed by atoms with van der Waals surface area (Å²) in [4.78, 5) is 12.3. The fourth-order valence-electron chi connectivity index (χ4n) is 2.21. The van der Waals surface area contributed by atoms with Crippen LogP contribution in [0.1, 0.15) is 18.5 Å². The Morgan fingerprint density at radius 2 is 1.76 bits per heavy atom. The van der Waals surface area contributed by atoms with Crippen molar-refractivity contribution in [1.82, 2.24) is 5.32 Å². The van der Waals surface area contributed by atoms with Crippen molar-refractivity contribution in [2.24, 2.45) is 0 Å². The predicted molar refractivity (Wildman–Crippen MR) is 94.6 cm³/mol. The number of nitrogens with one attached hydrogen (secondary N) is 1. The number of hydrogen-bond acceptors (Lipinski definition) is 5. The van der Waals surface area contributed by atoms with Crippen LogP contribution in [0.2, 0.25) is 0 Å². The van der Waals surface area contributed by atoms with Gasteiger partial charge in [-0.15, -0.1) is 0 Å². The van der Waals surface area contributed by atoms with Crippen LogP contribution in [-0.2, 0) is 14.6 Å². The quantitative estimate of drug-likeness (QED) is 0.817. The fourth-order valence-corrected chi connectivity index (χ4v) is 2.84. The van der Waals surface area contributed by atoms with Gasteiger partial charge in [-0.05, 0) is 36.8 Å². The second kappa shape index (κ2) is 8.02. The van der Waals surface area contributed by atoms with Crippen LogP contribution in [0.3, 0.4) is 0 Å². The van der Waals surface area contributed by atoms with Crippen LogP contribution in [0.25, 0.3) is 0 Å². The Morgan fingerprint density at radius 3 is 2.36 bits per heavy atom. The molecule has 0 aliphatic heterocycles. The van der Waals surface area contributed by atoms with Crippen molar-refractivity contribution in [2.75, 3.05) is 20.0 Å². The number of carbonyl (C=O) groups is 1. The molecule has 0 spiro atoms. The Hall–Kier alpha value is -2.54. The second-order valence-corrected chi connectivity index (χ2v) is 7.61. The summed E-state index contributed by atoms with van der Waals surface area (Å²) < 4.78 is 33.5. The SMILES string of the molecule is COc1cccc(OCC(=O)N[C@@H](C)c2ccc(S(C)(=O)=O)cc2)c1. The summed E-state index contributed by atoms with van der Waals surface area (Å²) in [6.45, 7) is 1.69. The van der Waals surface area contributed by atoms with Crippen LogP contribution in [0.4, 0.5) is 0 Å². The number of amides is 1. The molecule has 0 saturated carbocycles. The average Bonchev–Trinajstić information content (AvgIpc) is 2.59. The summed E-state index contributed by atoms with van der Waals surface area (Å²) in [5, 5.41) is 2.81. The maximum Gasteiger partial charge on any atom is 0.258 e. The zero-order valence-corrected chi connectivity index (χ0v) is 15.2. The number of hydrogen-bond donors (Lipinski definition) is 1. The van der Waals surface area contributed by atoms with Gasteiger partial charge in [-0.25, -0.2) is 8.42 Å². The number of carbonyl (C=O) groups excluding carboxylic acids is 1. The zero-order chi connectivity index (χ0) is 18.4. The molecule has 0 aliphatic carbocycles. The lowest BCUT2D eigenvalue weighted by Crippen LogP contribution is -2.31. The summed E-state index contributed by atoms with van der Waals surface area (Å²) in [7, 11) is -1.67. The molecule has 25 heavy (non-hydrogen) atoms. The molecule has 1 atom stereocenters. The van der Waals surface area contributed by atoms with Gasteiger partial charge in [-0.2, -0.15) is 0 Å². The molecule has 7 heteroatoms. The summed E-state index contributed by atoms with van der Waals surface area (Å²) in [6, 6.07) is 13.2. The molecule has 0 aromatic heterocycles. The Balaban J connectivity index is 1.91. The summed E-state index contributed by atoms with van der Waals surface area (Å²) in [6.07, 6.45) is 1.16. The fraction of sp³-hybridized carbons (Fsp3) is 0.278. The maximum atomic E-state index is 12.0. The number of methoxy groups -OCH3 is 1. The van der Waals surface area contributed by atoms with Crippen molar-refractivity contribution in [3.63, 3.8) is 0 Å². The summed E-state index contributed by atoms with van der Waals surface area (Å²) >= 11 is 0. The van der Waals surface area contributed by atoms with Gasteiger partial charge in [0, 0.05) is 12.3 Å². The van der Waals surface area contributed by atoms with Gasteiger partial charge in [-0.1, -0.05) is 18.2 Å². The lowest BCUT2D eigenvalue weighted by molar-refractivity contribution is -0.123. The van der Waals surface area contributed by atoms with E-state index in [0.29, 0.717) is 11.5 Å². The maximum absolute atomic E-state index is 12.0. The highest BCUT2D eigenvalue weighted by molar-refractivity contribution is 7.90. The highest BCUT2D eigenvalue weighted by Crippen LogP contribution is 2.19. The molecule has 2 aromatic rings. The van der Waals surface area contributed by atoms with Gasteiger partial charge in [0.25, 0.3) is 5.91 Å². The van der Waals surface area contributed by atoms with Gasteiger partial charge in [0.15, 0.2) is 16.4 Å². The molecule has 0 fully saturated rings. The minimum Gasteiger partial charge on any atom is -0.497 e. The van der Waals surface area contributed by atoms with Crippen LogP contribution in [0, 0.1) is 0 Å². The topological polar surface area (TPSA) is 81.7 Å². The Bertz CT molecular complexity index is 831. The van der Waals surface area contributed by atoms with Gasteiger partial charge in [0.05, 0.1) is 18.0 Å². The number of benzene rings is 2. The lowest BCUT2D eigenvalue weighted by Gasteiger charge is -2.15. The first-order valence-electron chi connectivity index (χ1n) is 7.66. The van der Waals surface area contributed by atoms with E-state index in [1.165, 1.54) is 12.1 Å². The van der Waals surface area contributed by atoms with E-state index < -0.39 is 9.84 Å². The van der Waals surface area contributed by atoms with E-state index in [1.54, 1.807) is 43.5 Å². The molecule has 0 saturated heterocycles. The predicted octanol–water partition coefficient (Wildman–Crippen LogP) is 2.35. The van der Waals surface area contributed by atoms with Crippen LogP contribution in [0.5, 0.6) is 11.5 Å². The normalized spacial score (nSPS) is 12.3. The Kier molecular flexibility index (Phi) is 6.03. The molecular weight excluding hydrogens is 342 g/mol. The second-order valence-electron chi connectivity index (χ2n) is 5.60. The molecule has 0 aliphatic rings. The van der Waals surface area contributed by atoms with Crippen molar-refractivity contribution in [1.29, 1.82) is 0 Å². The van der Waals surface area contributed by atoms with Crippen LogP contribution >= 0.6 is 0 Å². The Labute approximate surface area is 147 Å². The van der Waals surface area contributed by atoms with E-state index in [9.17, 15) is 13.2 Å². The lowest BCUT2D eigenvalue weighted by atomic mass is 10.1. The molecule has 6 nitrogen and oxygen atoms in total. The summed E-state index contributed by atoms with van der Waals surface area (Å²) in [5.41, 5.74) is 0.808. The van der Waals surface area contributed by atoms with Crippen LogP contribution in [0.15, 0.2) is 53.4 Å². The van der Waals surface area contributed by atoms with Crippen molar-refractivity contribution in [3.05, 3.63) is 54.1 Å². The van der Waals surface area contributed by atoms with Crippen LogP contribution < -0.4 is 14.8 Å². The first-order chi connectivity index (χ1) is 11.8. The monoisotopic (exact) mass is 363 g/mol. The molecule has 2 aromatic carbocycles. The highest BCUT2D eigenvalue weighted by atomic mass is 32.2. The molecule has 0 heterocycles. The summed E-state index contributed by atoms with van der Waals surface area (Å²) in [5.74, 6) is 0.916. The van der Waals surface area contributed by atoms with Gasteiger partial charge < -0.3 is 14.8 Å². The molecule has 1 amide bonds. The molecule has 134 valence electrons. The van der Waals surface area contributed by atoms with Gasteiger partial charge in [-0.3, -0.25) is 4.79 Å². The molecule has 0 unspecified atom stereocenters. The minimum atomic E-state index is -3.23. The zero-order valence-electron chi connectivity index (χ0n) is 14.4. The van der Waals surface area contributed by atoms with Crippen LogP contribution in [-0.4, -0.2) is 34.3 Å². The van der Waals surface area contributed by atoms with Gasteiger partial charge in [0.1, 0.15) is 11.5 Å². The minimum absolute atomic E-state index is 0.126. The van der Waals surface area contributed by atoms with E-state index in [0.717, 1.165) is 11.8 Å². The van der Waals surface area contributed by atoms with E-state index in [2.05, 4.69) is 5.32 Å². The molecule has 0 radical (unpaired) electrons. The van der Waals surface area contributed by atoms with Crippen molar-refractivity contribution in [3.8, 4) is 11.5 Å². The first kappa shape index (κ1) is 18.8. The number of rotatable bonds is 7. The van der Waals surface area contributed by atoms with Crippen molar-refractivity contribution in [2.45, 2.75) is 17.9 Å². The molecule has 0 bridgehead atoms. The van der Waals surface area contributed by atoms with E-state index in [-0.39, 0.29) is 23.5 Å². The molecular formula is C18H21NO5S. The van der Waals surface area contributed by atoms with E-state index in [1.807, 2.05) is 6.92 Å². The molecule has 2 rings (SSSR count). The van der Waals surface area contributed by atoms with Gasteiger partial charge >= 0.3 is 0 Å². The smallest absolute Gasteiger partial charge is 0.258 e. The Morgan fingerprint density at radius 1 is 1.12 bits per heavy atom. The van der Waals surface area contributed by atoms with E-state index >= 15 is 0 Å². The standard InChI is InChI=1S/C18H21NO5S/c1-13(14-7-9-17(10-8-14)25(3,21)22)19-18(20)12-24-16-6-4-5-15(11-16)23-2/h4-11,13H,12H2,1-3H3,(H,19,20)/t13-/m0/s1. The third-order valence-corrected chi connectivity index (χ3v) is 4.73.